The second-order valence-corrected chi connectivity index (χ2v) is 5.24. The fourth-order valence-electron chi connectivity index (χ4n) is 1.96. The zero-order valence-corrected chi connectivity index (χ0v) is 10.4. The van der Waals surface area contributed by atoms with Gasteiger partial charge in [-0.25, -0.2) is 9.59 Å². The lowest BCUT2D eigenvalue weighted by molar-refractivity contribution is -0.147. The van der Waals surface area contributed by atoms with Gasteiger partial charge in [-0.1, -0.05) is 0 Å². The molecule has 3 atom stereocenters. The van der Waals surface area contributed by atoms with Crippen LogP contribution in [0.25, 0.3) is 0 Å². The van der Waals surface area contributed by atoms with Crippen molar-refractivity contribution in [3.63, 3.8) is 0 Å². The molecule has 1 amide bonds. The van der Waals surface area contributed by atoms with E-state index in [4.69, 9.17) is 9.47 Å². The minimum absolute atomic E-state index is 0.0494. The van der Waals surface area contributed by atoms with E-state index in [1.54, 1.807) is 20.8 Å². The lowest BCUT2D eigenvalue weighted by Gasteiger charge is -2.28. The molecule has 0 bridgehead atoms. The van der Waals surface area contributed by atoms with Gasteiger partial charge in [-0.3, -0.25) is 4.90 Å². The van der Waals surface area contributed by atoms with Crippen LogP contribution in [0, 0.1) is 0 Å². The van der Waals surface area contributed by atoms with Gasteiger partial charge in [0, 0.05) is 0 Å². The Labute approximate surface area is 99.8 Å². The molecule has 0 aliphatic carbocycles. The quantitative estimate of drug-likeness (QED) is 0.497. The maximum absolute atomic E-state index is 11.9. The molecular weight excluding hydrogens is 226 g/mol. The Hall–Kier alpha value is -1.30. The van der Waals surface area contributed by atoms with Crippen molar-refractivity contribution in [1.29, 1.82) is 0 Å². The van der Waals surface area contributed by atoms with E-state index in [2.05, 4.69) is 4.74 Å². The summed E-state index contributed by atoms with van der Waals surface area (Å²) in [6, 6.07) is -0.667. The Balaban J connectivity index is 2.05. The van der Waals surface area contributed by atoms with E-state index >= 15 is 0 Å². The van der Waals surface area contributed by atoms with Gasteiger partial charge in [-0.15, -0.1) is 0 Å². The molecule has 2 aliphatic rings. The second kappa shape index (κ2) is 3.87. The third-order valence-corrected chi connectivity index (χ3v) is 2.72. The predicted molar refractivity (Wildman–Crippen MR) is 57.4 cm³/mol. The summed E-state index contributed by atoms with van der Waals surface area (Å²) in [5.41, 5.74) is -0.578. The molecule has 0 spiro atoms. The molecule has 2 heterocycles. The first-order chi connectivity index (χ1) is 7.83. The van der Waals surface area contributed by atoms with Crippen LogP contribution in [-0.2, 0) is 19.0 Å². The van der Waals surface area contributed by atoms with Crippen molar-refractivity contribution in [2.45, 2.75) is 44.6 Å². The Morgan fingerprint density at radius 1 is 1.35 bits per heavy atom. The second-order valence-electron chi connectivity index (χ2n) is 5.24. The first-order valence-electron chi connectivity index (χ1n) is 5.56. The number of carbonyl (C=O) groups is 2. The van der Waals surface area contributed by atoms with Crippen LogP contribution >= 0.6 is 0 Å². The third kappa shape index (κ3) is 2.36. The number of amides is 1. The number of methoxy groups -OCH3 is 1. The molecule has 0 radical (unpaired) electrons. The zero-order chi connectivity index (χ0) is 12.8. The van der Waals surface area contributed by atoms with Crippen molar-refractivity contribution in [3.05, 3.63) is 0 Å². The van der Waals surface area contributed by atoms with E-state index in [1.165, 1.54) is 12.0 Å². The number of hydrogen-bond acceptors (Lipinski definition) is 5. The van der Waals surface area contributed by atoms with Gasteiger partial charge >= 0.3 is 12.1 Å². The normalized spacial score (nSPS) is 30.8. The van der Waals surface area contributed by atoms with Crippen LogP contribution in [0.3, 0.4) is 0 Å². The number of rotatable bonds is 1. The summed E-state index contributed by atoms with van der Waals surface area (Å²) < 4.78 is 15.2. The maximum atomic E-state index is 11.9. The van der Waals surface area contributed by atoms with Gasteiger partial charge < -0.3 is 14.2 Å². The Kier molecular flexibility index (Phi) is 2.77. The van der Waals surface area contributed by atoms with Crippen LogP contribution in [-0.4, -0.2) is 54.5 Å². The number of morpholine rings is 1. The summed E-state index contributed by atoms with van der Waals surface area (Å²) in [4.78, 5) is 24.9. The van der Waals surface area contributed by atoms with Crippen molar-refractivity contribution in [2.75, 3.05) is 13.7 Å². The Morgan fingerprint density at radius 2 is 2.00 bits per heavy atom. The SMILES string of the molecule is COC(=O)[C@@H]1[C@H]2O[C@H]2CN1C(=O)OC(C)(C)C. The third-order valence-electron chi connectivity index (χ3n) is 2.72. The van der Waals surface area contributed by atoms with Crippen LogP contribution in [0.1, 0.15) is 20.8 Å². The maximum Gasteiger partial charge on any atom is 0.411 e. The van der Waals surface area contributed by atoms with Gasteiger partial charge in [0.2, 0.25) is 0 Å². The number of esters is 1. The molecule has 6 nitrogen and oxygen atoms in total. The van der Waals surface area contributed by atoms with Gasteiger partial charge in [-0.2, -0.15) is 0 Å². The molecule has 0 N–H and O–H groups in total. The molecule has 2 rings (SSSR count). The minimum atomic E-state index is -0.667. The molecular formula is C11H17NO5. The fraction of sp³-hybridized carbons (Fsp3) is 0.818. The van der Waals surface area contributed by atoms with E-state index < -0.39 is 23.7 Å². The molecule has 0 unspecified atom stereocenters. The van der Waals surface area contributed by atoms with Crippen molar-refractivity contribution in [1.82, 2.24) is 4.90 Å². The summed E-state index contributed by atoms with van der Waals surface area (Å²) in [6.45, 7) is 5.74. The molecule has 0 saturated carbocycles. The number of epoxide rings is 1. The first kappa shape index (κ1) is 12.2. The molecule has 0 aromatic rings. The molecule has 0 aromatic carbocycles. The number of nitrogens with zero attached hydrogens (tertiary/aromatic N) is 1. The van der Waals surface area contributed by atoms with Gasteiger partial charge in [-0.05, 0) is 20.8 Å². The lowest BCUT2D eigenvalue weighted by atomic mass is 10.2. The van der Waals surface area contributed by atoms with Gasteiger partial charge in [0.15, 0.2) is 6.04 Å². The highest BCUT2D eigenvalue weighted by Gasteiger charge is 2.60. The number of hydrogen-bond donors (Lipinski definition) is 0. The number of carbonyl (C=O) groups excluding carboxylic acids is 2. The Morgan fingerprint density at radius 3 is 2.53 bits per heavy atom. The van der Waals surface area contributed by atoms with Crippen molar-refractivity contribution >= 4 is 12.1 Å². The smallest absolute Gasteiger partial charge is 0.411 e. The van der Waals surface area contributed by atoms with Crippen molar-refractivity contribution < 1.29 is 23.8 Å². The molecule has 17 heavy (non-hydrogen) atoms. The number of ether oxygens (including phenoxy) is 3. The average molecular weight is 243 g/mol. The standard InChI is InChI=1S/C11H17NO5/c1-11(2,3)17-10(14)12-5-6-8(16-6)7(12)9(13)15-4/h6-8H,5H2,1-4H3/t6-,7-,8-/m0/s1. The van der Waals surface area contributed by atoms with Crippen LogP contribution in [0.15, 0.2) is 0 Å². The topological polar surface area (TPSA) is 68.4 Å². The van der Waals surface area contributed by atoms with Crippen LogP contribution in [0.5, 0.6) is 0 Å². The van der Waals surface area contributed by atoms with E-state index in [-0.39, 0.29) is 12.2 Å². The van der Waals surface area contributed by atoms with Gasteiger partial charge in [0.25, 0.3) is 0 Å². The van der Waals surface area contributed by atoms with Crippen molar-refractivity contribution in [3.8, 4) is 0 Å². The summed E-state index contributed by atoms with van der Waals surface area (Å²) in [6.07, 6.45) is -0.773. The average Bonchev–Trinajstić information content (AvgIpc) is 2.86. The summed E-state index contributed by atoms with van der Waals surface area (Å²) in [7, 11) is 1.30. The highest BCUT2D eigenvalue weighted by molar-refractivity contribution is 5.83. The molecule has 0 aromatic heterocycles. The van der Waals surface area contributed by atoms with Gasteiger partial charge in [0.05, 0.1) is 13.7 Å². The molecule has 2 saturated heterocycles. The summed E-state index contributed by atoms with van der Waals surface area (Å²) >= 11 is 0. The summed E-state index contributed by atoms with van der Waals surface area (Å²) in [5, 5.41) is 0. The van der Waals surface area contributed by atoms with Gasteiger partial charge in [0.1, 0.15) is 17.8 Å². The highest BCUT2D eigenvalue weighted by Crippen LogP contribution is 2.37. The lowest BCUT2D eigenvalue weighted by Crippen LogP contribution is -2.47. The zero-order valence-electron chi connectivity index (χ0n) is 10.4. The number of likely N-dealkylation sites (tertiary alicyclic amines) is 1. The molecule has 2 aliphatic heterocycles. The highest BCUT2D eigenvalue weighted by atomic mass is 16.6. The largest absolute Gasteiger partial charge is 0.467 e. The number of fused-ring (bicyclic) bond motifs is 1. The Bertz CT molecular complexity index is 348. The van der Waals surface area contributed by atoms with E-state index in [9.17, 15) is 9.59 Å². The van der Waals surface area contributed by atoms with Crippen LogP contribution in [0.4, 0.5) is 4.79 Å². The van der Waals surface area contributed by atoms with E-state index in [1.807, 2.05) is 0 Å². The van der Waals surface area contributed by atoms with Crippen molar-refractivity contribution in [2.24, 2.45) is 0 Å². The monoisotopic (exact) mass is 243 g/mol. The molecule has 2 fully saturated rings. The van der Waals surface area contributed by atoms with Crippen LogP contribution in [0.2, 0.25) is 0 Å². The summed E-state index contributed by atoms with van der Waals surface area (Å²) in [5.74, 6) is -0.458. The van der Waals surface area contributed by atoms with Crippen LogP contribution < -0.4 is 0 Å². The molecule has 96 valence electrons. The molecule has 6 heteroatoms. The minimum Gasteiger partial charge on any atom is -0.467 e. The fourth-order valence-corrected chi connectivity index (χ4v) is 1.96. The van der Waals surface area contributed by atoms with E-state index in [0.717, 1.165) is 0 Å². The van der Waals surface area contributed by atoms with E-state index in [0.29, 0.717) is 6.54 Å². The predicted octanol–water partition coefficient (Wildman–Crippen LogP) is 0.546. The first-order valence-corrected chi connectivity index (χ1v) is 5.56.